The van der Waals surface area contributed by atoms with E-state index in [1.165, 1.54) is 61.3 Å². The number of urea groups is 1. The number of anilines is 2. The molecule has 11 nitrogen and oxygen atoms in total. The Labute approximate surface area is 346 Å². The third kappa shape index (κ3) is 9.41. The van der Waals surface area contributed by atoms with Crippen LogP contribution in [0.2, 0.25) is 46.4 Å². The number of rotatable bonds is 15. The maximum Gasteiger partial charge on any atom is 0.401 e. The average Bonchev–Trinajstić information content (AvgIpc) is 3.81. The highest BCUT2D eigenvalue weighted by molar-refractivity contribution is 6.74. The molecule has 1 aliphatic rings. The van der Waals surface area contributed by atoms with E-state index in [2.05, 4.69) is 88.2 Å². The van der Waals surface area contributed by atoms with Crippen LogP contribution in [0.3, 0.4) is 0 Å². The van der Waals surface area contributed by atoms with E-state index < -0.39 is 46.9 Å². The van der Waals surface area contributed by atoms with Gasteiger partial charge in [-0.1, -0.05) is 96.8 Å². The number of fused-ring (bicyclic) bond motifs is 3. The van der Waals surface area contributed by atoms with E-state index in [1.807, 2.05) is 0 Å². The molecule has 4 aromatic rings. The summed E-state index contributed by atoms with van der Waals surface area (Å²) in [6.07, 6.45) is 5.04. The lowest BCUT2D eigenvalue weighted by atomic mass is 9.87. The molecule has 18 heteroatoms. The number of aromatic nitrogens is 6. The number of alkyl halides is 3. The Morgan fingerprint density at radius 2 is 1.67 bits per heavy atom. The van der Waals surface area contributed by atoms with Crippen molar-refractivity contribution in [2.75, 3.05) is 23.4 Å². The SMILES string of the molecule is CCCCCCCC(C)(C)[Si](C)(C)OCC(O[Si](C)(C)C(C)(C)C)c1cnn(-c2ncc(NC(=O)N3C[C@@](C)(C(F)(F)F)c4c3ccc3cc(Cl)nn43)cc2Cl)n1. The summed E-state index contributed by atoms with van der Waals surface area (Å²) in [5.74, 6) is 0.195. The van der Waals surface area contributed by atoms with Gasteiger partial charge in [0.2, 0.25) is 0 Å². The van der Waals surface area contributed by atoms with E-state index in [1.54, 1.807) is 12.3 Å². The van der Waals surface area contributed by atoms with Crippen LogP contribution < -0.4 is 10.2 Å². The first kappa shape index (κ1) is 45.1. The fraction of sp³-hybridized carbons (Fsp3) is 0.615. The van der Waals surface area contributed by atoms with Crippen molar-refractivity contribution < 1.29 is 26.8 Å². The van der Waals surface area contributed by atoms with Crippen molar-refractivity contribution >= 4 is 62.8 Å². The number of nitrogens with one attached hydrogen (secondary N) is 1. The molecule has 1 aliphatic heterocycles. The third-order valence-corrected chi connectivity index (χ3v) is 21.6. The van der Waals surface area contributed by atoms with Gasteiger partial charge in [0.05, 0.1) is 46.6 Å². The van der Waals surface area contributed by atoms with Crippen LogP contribution in [-0.2, 0) is 14.3 Å². The van der Waals surface area contributed by atoms with Crippen molar-refractivity contribution in [3.63, 3.8) is 0 Å². The van der Waals surface area contributed by atoms with Crippen LogP contribution in [0.1, 0.15) is 104 Å². The number of pyridine rings is 2. The quantitative estimate of drug-likeness (QED) is 0.0935. The minimum atomic E-state index is -4.70. The standard InChI is InChI=1S/C39H57Cl2F3N8O3Si2/c1-12-13-14-15-16-19-37(5,6)57(10,11)54-24-31(55-56(8,9)36(2,3)4)29-23-46-52(48-29)34-28(40)20-26(22-45-34)47-35(53)50-25-38(7,39(42,43)44)33-30(50)18-17-27-21-32(41)49-51(27)33/h17-18,20-23,31H,12-16,19,24-25H2,1-11H3,(H,47,53)/t31?,38-/m1/s1. The maximum absolute atomic E-state index is 14.6. The van der Waals surface area contributed by atoms with Gasteiger partial charge in [-0.2, -0.15) is 23.4 Å². The monoisotopic (exact) mass is 868 g/mol. The highest BCUT2D eigenvalue weighted by Crippen LogP contribution is 2.50. The molecule has 5 heterocycles. The van der Waals surface area contributed by atoms with Gasteiger partial charge in [0.25, 0.3) is 0 Å². The van der Waals surface area contributed by atoms with E-state index in [-0.39, 0.29) is 43.1 Å². The maximum atomic E-state index is 14.6. The Balaban J connectivity index is 1.35. The van der Waals surface area contributed by atoms with Crippen LogP contribution in [0.5, 0.6) is 0 Å². The van der Waals surface area contributed by atoms with Crippen molar-refractivity contribution in [2.45, 2.75) is 141 Å². The van der Waals surface area contributed by atoms with E-state index >= 15 is 0 Å². The van der Waals surface area contributed by atoms with Gasteiger partial charge in [-0.3, -0.25) is 4.90 Å². The Hall–Kier alpha value is -3.03. The highest BCUT2D eigenvalue weighted by atomic mass is 35.5. The molecule has 1 N–H and O–H groups in total. The smallest absolute Gasteiger partial charge is 0.401 e. The molecule has 0 saturated carbocycles. The van der Waals surface area contributed by atoms with Gasteiger partial charge in [0.1, 0.15) is 17.2 Å². The lowest BCUT2D eigenvalue weighted by Crippen LogP contribution is -2.46. The predicted molar refractivity (Wildman–Crippen MR) is 226 cm³/mol. The molecule has 2 amide bonds. The van der Waals surface area contributed by atoms with Crippen LogP contribution in [0, 0.1) is 0 Å². The van der Waals surface area contributed by atoms with E-state index in [0.717, 1.165) is 22.8 Å². The largest absolute Gasteiger partial charge is 0.414 e. The normalized spacial score (nSPS) is 17.4. The zero-order valence-corrected chi connectivity index (χ0v) is 38.5. The van der Waals surface area contributed by atoms with E-state index in [9.17, 15) is 18.0 Å². The summed E-state index contributed by atoms with van der Waals surface area (Å²) in [4.78, 5) is 20.4. The fourth-order valence-electron chi connectivity index (χ4n) is 6.66. The number of carbonyl (C=O) groups is 1. The molecule has 0 fully saturated rings. The van der Waals surface area contributed by atoms with Crippen LogP contribution in [0.25, 0.3) is 11.3 Å². The molecular weight excluding hydrogens is 813 g/mol. The van der Waals surface area contributed by atoms with Gasteiger partial charge in [-0.25, -0.2) is 14.3 Å². The number of halogens is 5. The zero-order chi connectivity index (χ0) is 42.4. The van der Waals surface area contributed by atoms with Crippen LogP contribution in [0.4, 0.5) is 29.3 Å². The van der Waals surface area contributed by atoms with Crippen LogP contribution in [-0.4, -0.2) is 71.6 Å². The topological polar surface area (TPSA) is 112 Å². The predicted octanol–water partition coefficient (Wildman–Crippen LogP) is 11.9. The van der Waals surface area contributed by atoms with E-state index in [4.69, 9.17) is 37.2 Å². The summed E-state index contributed by atoms with van der Waals surface area (Å²) in [6, 6.07) is 5.13. The van der Waals surface area contributed by atoms with Gasteiger partial charge in [0, 0.05) is 12.6 Å². The summed E-state index contributed by atoms with van der Waals surface area (Å²) in [5.41, 5.74) is -1.43. The van der Waals surface area contributed by atoms with Gasteiger partial charge < -0.3 is 14.2 Å². The first-order valence-electron chi connectivity index (χ1n) is 19.6. The first-order chi connectivity index (χ1) is 26.3. The molecule has 4 aromatic heterocycles. The van der Waals surface area contributed by atoms with Gasteiger partial charge in [-0.05, 0) is 67.8 Å². The van der Waals surface area contributed by atoms with Crippen molar-refractivity contribution in [1.82, 2.24) is 29.6 Å². The lowest BCUT2D eigenvalue weighted by Gasteiger charge is -2.42. The molecule has 0 radical (unpaired) electrons. The third-order valence-electron chi connectivity index (χ3n) is 12.2. The summed E-state index contributed by atoms with van der Waals surface area (Å²) < 4.78 is 58.7. The minimum absolute atomic E-state index is 0.0378. The molecule has 0 aromatic carbocycles. The van der Waals surface area contributed by atoms with Gasteiger partial charge in [-0.15, -0.1) is 9.90 Å². The number of hydrogen-bond donors (Lipinski definition) is 1. The molecule has 314 valence electrons. The van der Waals surface area contributed by atoms with Crippen LogP contribution in [0.15, 0.2) is 36.7 Å². The lowest BCUT2D eigenvalue weighted by molar-refractivity contribution is -0.181. The fourth-order valence-corrected chi connectivity index (χ4v) is 10.1. The van der Waals surface area contributed by atoms with Crippen molar-refractivity contribution in [2.24, 2.45) is 0 Å². The highest BCUT2D eigenvalue weighted by Gasteiger charge is 2.60. The van der Waals surface area contributed by atoms with Gasteiger partial charge in [0.15, 0.2) is 27.6 Å². The summed E-state index contributed by atoms with van der Waals surface area (Å²) >= 11 is 12.8. The zero-order valence-electron chi connectivity index (χ0n) is 34.9. The van der Waals surface area contributed by atoms with Crippen molar-refractivity contribution in [3.8, 4) is 5.82 Å². The molecule has 0 bridgehead atoms. The second kappa shape index (κ2) is 16.6. The first-order valence-corrected chi connectivity index (χ1v) is 26.1. The number of amides is 2. The molecule has 0 aliphatic carbocycles. The summed E-state index contributed by atoms with van der Waals surface area (Å²) in [6.45, 7) is 23.0. The molecule has 0 spiro atoms. The number of hydrogen-bond acceptors (Lipinski definition) is 7. The number of nitrogens with zero attached hydrogens (tertiary/aromatic N) is 7. The number of carbonyl (C=O) groups excluding carboxylic acids is 1. The second-order valence-electron chi connectivity index (χ2n) is 18.0. The Kier molecular flexibility index (Phi) is 13.1. The molecule has 2 atom stereocenters. The van der Waals surface area contributed by atoms with E-state index in [0.29, 0.717) is 17.8 Å². The molecular formula is C39H57Cl2F3N8O3Si2. The molecule has 57 heavy (non-hydrogen) atoms. The molecule has 1 unspecified atom stereocenters. The van der Waals surface area contributed by atoms with Crippen molar-refractivity contribution in [3.05, 3.63) is 58.2 Å². The second-order valence-corrected chi connectivity index (χ2v) is 28.3. The van der Waals surface area contributed by atoms with Crippen LogP contribution >= 0.6 is 23.2 Å². The number of unbranched alkanes of at least 4 members (excludes halogenated alkanes) is 4. The Bertz CT molecular complexity index is 2070. The summed E-state index contributed by atoms with van der Waals surface area (Å²) in [7, 11) is -4.51. The molecule has 5 rings (SSSR count). The van der Waals surface area contributed by atoms with Gasteiger partial charge >= 0.3 is 12.2 Å². The van der Waals surface area contributed by atoms with Crippen molar-refractivity contribution in [1.29, 1.82) is 0 Å². The summed E-state index contributed by atoms with van der Waals surface area (Å²) in [5, 5.41) is 16.1. The Morgan fingerprint density at radius 3 is 2.30 bits per heavy atom. The molecule has 0 saturated heterocycles. The average molecular weight is 870 g/mol. The minimum Gasteiger partial charge on any atom is -0.414 e. The Morgan fingerprint density at radius 1 is 0.982 bits per heavy atom.